The van der Waals surface area contributed by atoms with Crippen molar-refractivity contribution in [2.75, 3.05) is 13.7 Å². The monoisotopic (exact) mass is 223 g/mol. The van der Waals surface area contributed by atoms with Crippen LogP contribution in [0.3, 0.4) is 0 Å². The Balaban J connectivity index is 2.26. The van der Waals surface area contributed by atoms with Crippen LogP contribution in [0.4, 0.5) is 4.39 Å². The number of halogens is 1. The van der Waals surface area contributed by atoms with Gasteiger partial charge in [0.05, 0.1) is 7.11 Å². The predicted octanol–water partition coefficient (Wildman–Crippen LogP) is 2.44. The lowest BCUT2D eigenvalue weighted by Crippen LogP contribution is -2.24. The number of ether oxygens (including phenoxy) is 1. The van der Waals surface area contributed by atoms with Gasteiger partial charge < -0.3 is 10.1 Å². The first-order chi connectivity index (χ1) is 7.72. The molecule has 0 radical (unpaired) electrons. The lowest BCUT2D eigenvalue weighted by Gasteiger charge is -2.16. The Morgan fingerprint density at radius 1 is 1.50 bits per heavy atom. The van der Waals surface area contributed by atoms with E-state index in [1.165, 1.54) is 26.0 Å². The maximum absolute atomic E-state index is 13.6. The standard InChI is InChI=1S/C13H18FNO/c1-9-5-6-12(14)13(16-2)11(9)8-10-4-3-7-15-10/h5-6,10,15H,3-4,7-8H2,1-2H3. The summed E-state index contributed by atoms with van der Waals surface area (Å²) in [6.45, 7) is 3.08. The molecule has 0 spiro atoms. The average Bonchev–Trinajstić information content (AvgIpc) is 2.77. The molecule has 1 unspecified atom stereocenters. The third kappa shape index (κ3) is 2.19. The Labute approximate surface area is 95.8 Å². The Kier molecular flexibility index (Phi) is 3.44. The summed E-state index contributed by atoms with van der Waals surface area (Å²) >= 11 is 0. The fourth-order valence-electron chi connectivity index (χ4n) is 2.35. The van der Waals surface area contributed by atoms with Crippen molar-refractivity contribution in [2.24, 2.45) is 0 Å². The number of hydrogen-bond donors (Lipinski definition) is 1. The molecule has 1 atom stereocenters. The second-order valence-electron chi connectivity index (χ2n) is 4.37. The molecular formula is C13H18FNO. The van der Waals surface area contributed by atoms with Gasteiger partial charge in [-0.15, -0.1) is 0 Å². The van der Waals surface area contributed by atoms with Crippen LogP contribution in [-0.2, 0) is 6.42 Å². The van der Waals surface area contributed by atoms with Crippen LogP contribution in [-0.4, -0.2) is 19.7 Å². The van der Waals surface area contributed by atoms with E-state index in [4.69, 9.17) is 4.74 Å². The first kappa shape index (κ1) is 11.4. The van der Waals surface area contributed by atoms with Crippen LogP contribution in [0.15, 0.2) is 12.1 Å². The van der Waals surface area contributed by atoms with E-state index in [9.17, 15) is 4.39 Å². The highest BCUT2D eigenvalue weighted by Gasteiger charge is 2.19. The van der Waals surface area contributed by atoms with Gasteiger partial charge in [-0.1, -0.05) is 6.07 Å². The summed E-state index contributed by atoms with van der Waals surface area (Å²) in [4.78, 5) is 0. The van der Waals surface area contributed by atoms with Crippen molar-refractivity contribution < 1.29 is 9.13 Å². The first-order valence-electron chi connectivity index (χ1n) is 5.77. The molecule has 0 amide bonds. The second-order valence-corrected chi connectivity index (χ2v) is 4.37. The van der Waals surface area contributed by atoms with Crippen molar-refractivity contribution in [3.63, 3.8) is 0 Å². The van der Waals surface area contributed by atoms with Crippen LogP contribution < -0.4 is 10.1 Å². The number of methoxy groups -OCH3 is 1. The molecule has 0 bridgehead atoms. The van der Waals surface area contributed by atoms with Crippen LogP contribution in [0.1, 0.15) is 24.0 Å². The Hall–Kier alpha value is -1.09. The highest BCUT2D eigenvalue weighted by Crippen LogP contribution is 2.28. The molecule has 0 aromatic heterocycles. The summed E-state index contributed by atoms with van der Waals surface area (Å²) in [5.74, 6) is 0.148. The van der Waals surface area contributed by atoms with E-state index in [-0.39, 0.29) is 5.82 Å². The van der Waals surface area contributed by atoms with Crippen molar-refractivity contribution >= 4 is 0 Å². The van der Waals surface area contributed by atoms with Crippen molar-refractivity contribution in [1.82, 2.24) is 5.32 Å². The SMILES string of the molecule is COc1c(F)ccc(C)c1CC1CCCN1. The molecule has 0 aliphatic carbocycles. The van der Waals surface area contributed by atoms with Gasteiger partial charge in [-0.25, -0.2) is 4.39 Å². The second kappa shape index (κ2) is 4.83. The largest absolute Gasteiger partial charge is 0.493 e. The topological polar surface area (TPSA) is 21.3 Å². The molecule has 3 heteroatoms. The Bertz CT molecular complexity index is 372. The van der Waals surface area contributed by atoms with E-state index in [0.717, 1.165) is 24.1 Å². The zero-order valence-corrected chi connectivity index (χ0v) is 9.85. The lowest BCUT2D eigenvalue weighted by molar-refractivity contribution is 0.378. The molecule has 88 valence electrons. The summed E-state index contributed by atoms with van der Waals surface area (Å²) in [5.41, 5.74) is 2.11. The summed E-state index contributed by atoms with van der Waals surface area (Å²) < 4.78 is 18.7. The minimum Gasteiger partial charge on any atom is -0.493 e. The van der Waals surface area contributed by atoms with Gasteiger partial charge in [0.25, 0.3) is 0 Å². The minimum atomic E-state index is -0.263. The van der Waals surface area contributed by atoms with Gasteiger partial charge >= 0.3 is 0 Å². The fourth-order valence-corrected chi connectivity index (χ4v) is 2.35. The van der Waals surface area contributed by atoms with Crippen molar-refractivity contribution in [2.45, 2.75) is 32.2 Å². The molecule has 1 aliphatic rings. The van der Waals surface area contributed by atoms with Gasteiger partial charge in [0.1, 0.15) is 0 Å². The summed E-state index contributed by atoms with van der Waals surface area (Å²) in [7, 11) is 1.53. The number of nitrogens with one attached hydrogen (secondary N) is 1. The van der Waals surface area contributed by atoms with E-state index in [1.54, 1.807) is 0 Å². The van der Waals surface area contributed by atoms with Gasteiger partial charge in [-0.3, -0.25) is 0 Å². The highest BCUT2D eigenvalue weighted by atomic mass is 19.1. The zero-order chi connectivity index (χ0) is 11.5. The average molecular weight is 223 g/mol. The molecule has 1 aromatic carbocycles. The maximum Gasteiger partial charge on any atom is 0.165 e. The molecule has 0 saturated carbocycles. The fraction of sp³-hybridized carbons (Fsp3) is 0.538. The van der Waals surface area contributed by atoms with Crippen LogP contribution in [0.5, 0.6) is 5.75 Å². The maximum atomic E-state index is 13.6. The van der Waals surface area contributed by atoms with E-state index >= 15 is 0 Å². The molecule has 2 rings (SSSR count). The van der Waals surface area contributed by atoms with E-state index < -0.39 is 0 Å². The smallest absolute Gasteiger partial charge is 0.165 e. The molecule has 1 N–H and O–H groups in total. The van der Waals surface area contributed by atoms with Crippen molar-refractivity contribution in [1.29, 1.82) is 0 Å². The van der Waals surface area contributed by atoms with Crippen LogP contribution in [0.2, 0.25) is 0 Å². The normalized spacial score (nSPS) is 20.1. The number of hydrogen-bond acceptors (Lipinski definition) is 2. The number of aryl methyl sites for hydroxylation is 1. The van der Waals surface area contributed by atoms with Crippen LogP contribution >= 0.6 is 0 Å². The highest BCUT2D eigenvalue weighted by molar-refractivity contribution is 5.41. The summed E-state index contributed by atoms with van der Waals surface area (Å²) in [6.07, 6.45) is 3.23. The summed E-state index contributed by atoms with van der Waals surface area (Å²) in [5, 5.41) is 3.43. The lowest BCUT2D eigenvalue weighted by atomic mass is 9.99. The van der Waals surface area contributed by atoms with Crippen LogP contribution in [0, 0.1) is 12.7 Å². The Morgan fingerprint density at radius 3 is 2.94 bits per heavy atom. The zero-order valence-electron chi connectivity index (χ0n) is 9.85. The van der Waals surface area contributed by atoms with Gasteiger partial charge in [-0.2, -0.15) is 0 Å². The molecular weight excluding hydrogens is 205 g/mol. The molecule has 1 aromatic rings. The van der Waals surface area contributed by atoms with Gasteiger partial charge in [0, 0.05) is 11.6 Å². The summed E-state index contributed by atoms with van der Waals surface area (Å²) in [6, 6.07) is 3.76. The molecule has 2 nitrogen and oxygen atoms in total. The number of rotatable bonds is 3. The van der Waals surface area contributed by atoms with Gasteiger partial charge in [0.2, 0.25) is 0 Å². The van der Waals surface area contributed by atoms with Gasteiger partial charge in [-0.05, 0) is 44.4 Å². The van der Waals surface area contributed by atoms with Crippen molar-refractivity contribution in [3.8, 4) is 5.75 Å². The van der Waals surface area contributed by atoms with Crippen molar-refractivity contribution in [3.05, 3.63) is 29.1 Å². The van der Waals surface area contributed by atoms with E-state index in [2.05, 4.69) is 5.32 Å². The van der Waals surface area contributed by atoms with E-state index in [1.807, 2.05) is 13.0 Å². The minimum absolute atomic E-state index is 0.263. The molecule has 1 heterocycles. The Morgan fingerprint density at radius 2 is 2.31 bits per heavy atom. The molecule has 1 saturated heterocycles. The quantitative estimate of drug-likeness (QED) is 0.849. The third-order valence-electron chi connectivity index (χ3n) is 3.26. The predicted molar refractivity (Wildman–Crippen MR) is 62.4 cm³/mol. The number of benzene rings is 1. The van der Waals surface area contributed by atoms with E-state index in [0.29, 0.717) is 11.8 Å². The molecule has 1 aliphatic heterocycles. The molecule has 1 fully saturated rings. The first-order valence-corrected chi connectivity index (χ1v) is 5.77. The van der Waals surface area contributed by atoms with Crippen LogP contribution in [0.25, 0.3) is 0 Å². The third-order valence-corrected chi connectivity index (χ3v) is 3.26. The van der Waals surface area contributed by atoms with Gasteiger partial charge in [0.15, 0.2) is 11.6 Å². The molecule has 16 heavy (non-hydrogen) atoms.